The summed E-state index contributed by atoms with van der Waals surface area (Å²) < 4.78 is 5.74. The van der Waals surface area contributed by atoms with Gasteiger partial charge >= 0.3 is 0 Å². The molecule has 0 aliphatic heterocycles. The molecule has 0 amide bonds. The van der Waals surface area contributed by atoms with Crippen LogP contribution < -0.4 is 5.73 Å². The number of hydrogen-bond donors (Lipinski definition) is 1. The summed E-state index contributed by atoms with van der Waals surface area (Å²) in [5.74, 6) is 0. The Bertz CT molecular complexity index is 264. The van der Waals surface area contributed by atoms with Gasteiger partial charge in [0.2, 0.25) is 0 Å². The molecule has 0 fully saturated rings. The Labute approximate surface area is 98.0 Å². The van der Waals surface area contributed by atoms with E-state index in [9.17, 15) is 0 Å². The minimum absolute atomic E-state index is 0.0529. The standard InChI is InChI=1S/C13H22N2O/c1-2-3-4-7-10-16-13(11-14)12-8-5-6-9-15-12/h5-6,8-9,13H,2-4,7,10-11,14H2,1H3. The van der Waals surface area contributed by atoms with Gasteiger partial charge in [0.25, 0.3) is 0 Å². The Kier molecular flexibility index (Phi) is 6.77. The molecule has 1 aromatic rings. The summed E-state index contributed by atoms with van der Waals surface area (Å²) in [5.41, 5.74) is 6.61. The van der Waals surface area contributed by atoms with Crippen molar-refractivity contribution < 1.29 is 4.74 Å². The maximum absolute atomic E-state index is 5.74. The summed E-state index contributed by atoms with van der Waals surface area (Å²) in [4.78, 5) is 4.26. The molecule has 0 aromatic carbocycles. The van der Waals surface area contributed by atoms with E-state index in [4.69, 9.17) is 10.5 Å². The summed E-state index contributed by atoms with van der Waals surface area (Å²) in [6, 6.07) is 5.83. The van der Waals surface area contributed by atoms with Gasteiger partial charge in [-0.1, -0.05) is 32.3 Å². The topological polar surface area (TPSA) is 48.1 Å². The van der Waals surface area contributed by atoms with Crippen LogP contribution in [0.3, 0.4) is 0 Å². The van der Waals surface area contributed by atoms with Gasteiger partial charge in [0.1, 0.15) is 6.10 Å². The average Bonchev–Trinajstić information content (AvgIpc) is 2.35. The molecule has 3 nitrogen and oxygen atoms in total. The fourth-order valence-corrected chi connectivity index (χ4v) is 1.60. The lowest BCUT2D eigenvalue weighted by Crippen LogP contribution is -2.17. The largest absolute Gasteiger partial charge is 0.371 e. The van der Waals surface area contributed by atoms with Crippen LogP contribution >= 0.6 is 0 Å². The highest BCUT2D eigenvalue weighted by Crippen LogP contribution is 2.13. The third-order valence-corrected chi connectivity index (χ3v) is 2.55. The van der Waals surface area contributed by atoms with Crippen LogP contribution in [0.2, 0.25) is 0 Å². The van der Waals surface area contributed by atoms with Crippen molar-refractivity contribution in [3.8, 4) is 0 Å². The lowest BCUT2D eigenvalue weighted by molar-refractivity contribution is 0.0530. The summed E-state index contributed by atoms with van der Waals surface area (Å²) in [6.45, 7) is 3.47. The van der Waals surface area contributed by atoms with E-state index < -0.39 is 0 Å². The van der Waals surface area contributed by atoms with Crippen LogP contribution in [-0.2, 0) is 4.74 Å². The number of nitrogens with two attached hydrogens (primary N) is 1. The molecule has 1 atom stereocenters. The Morgan fingerprint density at radius 2 is 2.19 bits per heavy atom. The van der Waals surface area contributed by atoms with Crippen LogP contribution in [0.4, 0.5) is 0 Å². The third-order valence-electron chi connectivity index (χ3n) is 2.55. The lowest BCUT2D eigenvalue weighted by Gasteiger charge is -2.15. The number of pyridine rings is 1. The second-order valence-corrected chi connectivity index (χ2v) is 3.91. The summed E-state index contributed by atoms with van der Waals surface area (Å²) >= 11 is 0. The van der Waals surface area contributed by atoms with Crippen molar-refractivity contribution >= 4 is 0 Å². The molecule has 1 rings (SSSR count). The van der Waals surface area contributed by atoms with E-state index in [1.807, 2.05) is 18.2 Å². The predicted molar refractivity (Wildman–Crippen MR) is 66.1 cm³/mol. The van der Waals surface area contributed by atoms with Gasteiger partial charge in [-0.15, -0.1) is 0 Å². The minimum atomic E-state index is -0.0529. The molecule has 2 N–H and O–H groups in total. The normalized spacial score (nSPS) is 12.6. The van der Waals surface area contributed by atoms with Crippen LogP contribution in [0.1, 0.15) is 44.4 Å². The maximum Gasteiger partial charge on any atom is 0.112 e. The average molecular weight is 222 g/mol. The number of nitrogens with zero attached hydrogens (tertiary/aromatic N) is 1. The molecule has 0 saturated heterocycles. The number of unbranched alkanes of at least 4 members (excludes halogenated alkanes) is 3. The van der Waals surface area contributed by atoms with Gasteiger partial charge in [-0.3, -0.25) is 4.98 Å². The number of hydrogen-bond acceptors (Lipinski definition) is 3. The minimum Gasteiger partial charge on any atom is -0.371 e. The van der Waals surface area contributed by atoms with E-state index in [1.54, 1.807) is 6.20 Å². The second-order valence-electron chi connectivity index (χ2n) is 3.91. The molecule has 16 heavy (non-hydrogen) atoms. The van der Waals surface area contributed by atoms with E-state index in [0.29, 0.717) is 6.54 Å². The van der Waals surface area contributed by atoms with Gasteiger partial charge in [-0.05, 0) is 18.6 Å². The highest BCUT2D eigenvalue weighted by atomic mass is 16.5. The molecule has 0 aliphatic carbocycles. The van der Waals surface area contributed by atoms with E-state index in [1.165, 1.54) is 19.3 Å². The Morgan fingerprint density at radius 1 is 1.31 bits per heavy atom. The predicted octanol–water partition coefficient (Wildman–Crippen LogP) is 2.68. The van der Waals surface area contributed by atoms with Crippen molar-refractivity contribution in [1.82, 2.24) is 4.98 Å². The van der Waals surface area contributed by atoms with Crippen LogP contribution in [0, 0.1) is 0 Å². The number of rotatable bonds is 8. The summed E-state index contributed by atoms with van der Waals surface area (Å²) in [7, 11) is 0. The highest BCUT2D eigenvalue weighted by Gasteiger charge is 2.10. The van der Waals surface area contributed by atoms with Crippen molar-refractivity contribution in [2.24, 2.45) is 5.73 Å². The molecule has 1 heterocycles. The second kappa shape index (κ2) is 8.25. The van der Waals surface area contributed by atoms with Crippen LogP contribution in [0.25, 0.3) is 0 Å². The molecule has 0 radical (unpaired) electrons. The van der Waals surface area contributed by atoms with E-state index >= 15 is 0 Å². The Balaban J connectivity index is 2.27. The van der Waals surface area contributed by atoms with E-state index in [2.05, 4.69) is 11.9 Å². The van der Waals surface area contributed by atoms with Gasteiger partial charge < -0.3 is 10.5 Å². The fraction of sp³-hybridized carbons (Fsp3) is 0.615. The monoisotopic (exact) mass is 222 g/mol. The molecule has 0 bridgehead atoms. The van der Waals surface area contributed by atoms with Crippen molar-refractivity contribution in [3.05, 3.63) is 30.1 Å². The lowest BCUT2D eigenvalue weighted by atomic mass is 10.2. The molecule has 0 saturated carbocycles. The smallest absolute Gasteiger partial charge is 0.112 e. The molecular formula is C13H22N2O. The maximum atomic E-state index is 5.74. The number of ether oxygens (including phenoxy) is 1. The van der Waals surface area contributed by atoms with Crippen LogP contribution in [-0.4, -0.2) is 18.1 Å². The number of aromatic nitrogens is 1. The molecule has 0 aliphatic rings. The Morgan fingerprint density at radius 3 is 2.81 bits per heavy atom. The molecular weight excluding hydrogens is 200 g/mol. The van der Waals surface area contributed by atoms with Crippen LogP contribution in [0.5, 0.6) is 0 Å². The highest BCUT2D eigenvalue weighted by molar-refractivity contribution is 5.07. The van der Waals surface area contributed by atoms with Crippen LogP contribution in [0.15, 0.2) is 24.4 Å². The zero-order valence-electron chi connectivity index (χ0n) is 10.1. The quantitative estimate of drug-likeness (QED) is 0.688. The zero-order chi connectivity index (χ0) is 11.6. The van der Waals surface area contributed by atoms with Gasteiger partial charge in [0.15, 0.2) is 0 Å². The summed E-state index contributed by atoms with van der Waals surface area (Å²) in [6.07, 6.45) is 6.59. The van der Waals surface area contributed by atoms with Crippen molar-refractivity contribution in [1.29, 1.82) is 0 Å². The zero-order valence-corrected chi connectivity index (χ0v) is 10.1. The van der Waals surface area contributed by atoms with Crippen molar-refractivity contribution in [2.45, 2.75) is 38.7 Å². The van der Waals surface area contributed by atoms with E-state index in [-0.39, 0.29) is 6.10 Å². The third kappa shape index (κ3) is 4.73. The molecule has 90 valence electrons. The SMILES string of the molecule is CCCCCCOC(CN)c1ccccn1. The van der Waals surface area contributed by atoms with Gasteiger partial charge in [-0.25, -0.2) is 0 Å². The first-order chi connectivity index (χ1) is 7.88. The Hall–Kier alpha value is -0.930. The fourth-order valence-electron chi connectivity index (χ4n) is 1.60. The first kappa shape index (κ1) is 13.1. The first-order valence-electron chi connectivity index (χ1n) is 6.11. The molecule has 1 aromatic heterocycles. The summed E-state index contributed by atoms with van der Waals surface area (Å²) in [5, 5.41) is 0. The van der Waals surface area contributed by atoms with Gasteiger partial charge in [0, 0.05) is 19.3 Å². The van der Waals surface area contributed by atoms with Gasteiger partial charge in [0.05, 0.1) is 5.69 Å². The van der Waals surface area contributed by atoms with Crippen molar-refractivity contribution in [2.75, 3.05) is 13.2 Å². The van der Waals surface area contributed by atoms with E-state index in [0.717, 1.165) is 18.7 Å². The molecule has 1 unspecified atom stereocenters. The van der Waals surface area contributed by atoms with Crippen molar-refractivity contribution in [3.63, 3.8) is 0 Å². The van der Waals surface area contributed by atoms with Gasteiger partial charge in [-0.2, -0.15) is 0 Å². The first-order valence-corrected chi connectivity index (χ1v) is 6.11. The molecule has 3 heteroatoms. The molecule has 0 spiro atoms.